The van der Waals surface area contributed by atoms with E-state index in [1.807, 2.05) is 0 Å². The second-order valence-corrected chi connectivity index (χ2v) is 4.01. The van der Waals surface area contributed by atoms with E-state index < -0.39 is 11.6 Å². The highest BCUT2D eigenvalue weighted by Gasteiger charge is 1.98. The average molecular weight is 254 g/mol. The van der Waals surface area contributed by atoms with Crippen LogP contribution in [0.5, 0.6) is 0 Å². The molecule has 1 heterocycles. The van der Waals surface area contributed by atoms with Crippen molar-refractivity contribution in [1.82, 2.24) is 4.98 Å². The summed E-state index contributed by atoms with van der Waals surface area (Å²) in [6.07, 6.45) is 1.30. The van der Waals surface area contributed by atoms with Crippen LogP contribution in [-0.2, 0) is 0 Å². The molecule has 0 fully saturated rings. The number of nitrogen functional groups attached to an aromatic ring is 1. The first-order chi connectivity index (χ1) is 8.13. The first-order valence-corrected chi connectivity index (χ1v) is 5.47. The lowest BCUT2D eigenvalue weighted by Crippen LogP contribution is -1.92. The third-order valence-electron chi connectivity index (χ3n) is 1.78. The monoisotopic (exact) mass is 254 g/mol. The second kappa shape index (κ2) is 4.88. The largest absolute Gasteiger partial charge is 0.383 e. The Morgan fingerprint density at radius 3 is 2.59 bits per heavy atom. The maximum Gasteiger partial charge on any atom is 0.205 e. The smallest absolute Gasteiger partial charge is 0.205 e. The summed E-state index contributed by atoms with van der Waals surface area (Å²) in [5, 5.41) is 5.95. The summed E-state index contributed by atoms with van der Waals surface area (Å²) in [4.78, 5) is 3.90. The molecule has 2 rings (SSSR count). The Balaban J connectivity index is 2.05. The quantitative estimate of drug-likeness (QED) is 0.653. The average Bonchev–Trinajstić information content (AvgIpc) is 2.63. The van der Waals surface area contributed by atoms with E-state index >= 15 is 0 Å². The van der Waals surface area contributed by atoms with Gasteiger partial charge in [0.2, 0.25) is 5.13 Å². The van der Waals surface area contributed by atoms with Crippen molar-refractivity contribution in [3.8, 4) is 0 Å². The minimum absolute atomic E-state index is 0.319. The van der Waals surface area contributed by atoms with Gasteiger partial charge in [-0.05, 0) is 12.1 Å². The standard InChI is InChI=1S/C10H8F2N4S/c11-7-1-6(2-8(12)3-7)4-14-16-10-15-9(13)5-17-10/h1-5H,13H2,(H,15,16). The first-order valence-electron chi connectivity index (χ1n) is 4.59. The second-order valence-electron chi connectivity index (χ2n) is 3.15. The van der Waals surface area contributed by atoms with Gasteiger partial charge >= 0.3 is 0 Å². The molecule has 0 radical (unpaired) electrons. The van der Waals surface area contributed by atoms with Gasteiger partial charge in [-0.15, -0.1) is 11.3 Å². The van der Waals surface area contributed by atoms with Crippen LogP contribution in [0, 0.1) is 11.6 Å². The summed E-state index contributed by atoms with van der Waals surface area (Å²) in [5.74, 6) is -0.903. The normalized spacial score (nSPS) is 10.9. The highest BCUT2D eigenvalue weighted by molar-refractivity contribution is 7.14. The lowest BCUT2D eigenvalue weighted by atomic mass is 10.2. The maximum absolute atomic E-state index is 12.8. The van der Waals surface area contributed by atoms with E-state index in [1.165, 1.54) is 29.7 Å². The van der Waals surface area contributed by atoms with Crippen molar-refractivity contribution in [3.63, 3.8) is 0 Å². The predicted molar refractivity (Wildman–Crippen MR) is 64.1 cm³/mol. The molecule has 0 aliphatic heterocycles. The zero-order chi connectivity index (χ0) is 12.3. The Bertz CT molecular complexity index is 533. The fourth-order valence-electron chi connectivity index (χ4n) is 1.15. The van der Waals surface area contributed by atoms with Crippen LogP contribution in [0.3, 0.4) is 0 Å². The highest BCUT2D eigenvalue weighted by atomic mass is 32.1. The fourth-order valence-corrected chi connectivity index (χ4v) is 1.70. The molecule has 0 saturated heterocycles. The van der Waals surface area contributed by atoms with Gasteiger partial charge in [0.05, 0.1) is 6.21 Å². The summed E-state index contributed by atoms with van der Waals surface area (Å²) in [6, 6.07) is 3.14. The summed E-state index contributed by atoms with van der Waals surface area (Å²) >= 11 is 1.28. The minimum atomic E-state index is -0.648. The molecule has 4 nitrogen and oxygen atoms in total. The molecule has 0 unspecified atom stereocenters. The third-order valence-corrected chi connectivity index (χ3v) is 2.55. The number of nitrogens with one attached hydrogen (secondary N) is 1. The van der Waals surface area contributed by atoms with Gasteiger partial charge < -0.3 is 5.73 Å². The molecule has 1 aromatic carbocycles. The number of hydrazone groups is 1. The number of rotatable bonds is 3. The molecule has 0 aliphatic carbocycles. The molecule has 2 aromatic rings. The van der Waals surface area contributed by atoms with E-state index in [-0.39, 0.29) is 0 Å². The topological polar surface area (TPSA) is 63.3 Å². The lowest BCUT2D eigenvalue weighted by molar-refractivity contribution is 0.583. The molecule has 7 heteroatoms. The number of nitrogens with two attached hydrogens (primary N) is 1. The van der Waals surface area contributed by atoms with Gasteiger partial charge in [0, 0.05) is 17.0 Å². The van der Waals surface area contributed by atoms with Crippen LogP contribution in [0.2, 0.25) is 0 Å². The van der Waals surface area contributed by atoms with E-state index in [1.54, 1.807) is 5.38 Å². The molecule has 3 N–H and O–H groups in total. The lowest BCUT2D eigenvalue weighted by Gasteiger charge is -1.95. The number of anilines is 2. The Kier molecular flexibility index (Phi) is 3.29. The number of halogens is 2. The van der Waals surface area contributed by atoms with E-state index in [4.69, 9.17) is 5.73 Å². The molecule has 0 bridgehead atoms. The van der Waals surface area contributed by atoms with Crippen molar-refractivity contribution in [3.05, 3.63) is 40.8 Å². The van der Waals surface area contributed by atoms with Crippen LogP contribution < -0.4 is 11.2 Å². The summed E-state index contributed by atoms with van der Waals surface area (Å²) < 4.78 is 25.7. The molecular weight excluding hydrogens is 246 g/mol. The van der Waals surface area contributed by atoms with Crippen LogP contribution in [0.1, 0.15) is 5.56 Å². The maximum atomic E-state index is 12.8. The van der Waals surface area contributed by atoms with Crippen LogP contribution in [-0.4, -0.2) is 11.2 Å². The van der Waals surface area contributed by atoms with Crippen LogP contribution in [0.4, 0.5) is 19.7 Å². The van der Waals surface area contributed by atoms with Gasteiger partial charge in [-0.3, -0.25) is 5.43 Å². The molecule has 1 aromatic heterocycles. The van der Waals surface area contributed by atoms with Crippen molar-refractivity contribution in [1.29, 1.82) is 0 Å². The number of hydrogen-bond donors (Lipinski definition) is 2. The van der Waals surface area contributed by atoms with E-state index in [0.29, 0.717) is 16.5 Å². The molecule has 0 amide bonds. The molecule has 88 valence electrons. The number of thiazole rings is 1. The number of aromatic nitrogens is 1. The Labute approximate surface area is 99.8 Å². The molecule has 0 atom stereocenters. The summed E-state index contributed by atoms with van der Waals surface area (Å²) in [7, 11) is 0. The molecule has 0 saturated carbocycles. The zero-order valence-corrected chi connectivity index (χ0v) is 9.34. The Morgan fingerprint density at radius 1 is 1.29 bits per heavy atom. The van der Waals surface area contributed by atoms with Gasteiger partial charge in [-0.2, -0.15) is 5.10 Å². The fraction of sp³-hybridized carbons (Fsp3) is 0. The Hall–Kier alpha value is -2.02. The summed E-state index contributed by atoms with van der Waals surface area (Å²) in [5.41, 5.74) is 8.33. The summed E-state index contributed by atoms with van der Waals surface area (Å²) in [6.45, 7) is 0. The van der Waals surface area contributed by atoms with Crippen molar-refractivity contribution >= 4 is 28.5 Å². The van der Waals surface area contributed by atoms with Gasteiger partial charge in [-0.1, -0.05) is 0 Å². The van der Waals surface area contributed by atoms with Gasteiger partial charge in [0.15, 0.2) is 0 Å². The van der Waals surface area contributed by atoms with E-state index in [0.717, 1.165) is 6.07 Å². The predicted octanol–water partition coefficient (Wildman–Crippen LogP) is 2.45. The van der Waals surface area contributed by atoms with Crippen molar-refractivity contribution < 1.29 is 8.78 Å². The first kappa shape index (κ1) is 11.5. The molecule has 0 spiro atoms. The van der Waals surface area contributed by atoms with E-state index in [9.17, 15) is 8.78 Å². The van der Waals surface area contributed by atoms with E-state index in [2.05, 4.69) is 15.5 Å². The molecule has 17 heavy (non-hydrogen) atoms. The molecule has 0 aliphatic rings. The number of nitrogens with zero attached hydrogens (tertiary/aromatic N) is 2. The van der Waals surface area contributed by atoms with Crippen LogP contribution >= 0.6 is 11.3 Å². The van der Waals surface area contributed by atoms with Crippen molar-refractivity contribution in [2.24, 2.45) is 5.10 Å². The number of hydrogen-bond acceptors (Lipinski definition) is 5. The zero-order valence-electron chi connectivity index (χ0n) is 8.52. The minimum Gasteiger partial charge on any atom is -0.383 e. The molecular formula is C10H8F2N4S. The van der Waals surface area contributed by atoms with Crippen molar-refractivity contribution in [2.45, 2.75) is 0 Å². The SMILES string of the molecule is Nc1csc(NN=Cc2cc(F)cc(F)c2)n1. The Morgan fingerprint density at radius 2 is 2.00 bits per heavy atom. The van der Waals surface area contributed by atoms with Gasteiger partial charge in [0.25, 0.3) is 0 Å². The third kappa shape index (κ3) is 3.22. The highest BCUT2D eigenvalue weighted by Crippen LogP contribution is 2.16. The van der Waals surface area contributed by atoms with Gasteiger partial charge in [-0.25, -0.2) is 13.8 Å². The van der Waals surface area contributed by atoms with Crippen LogP contribution in [0.25, 0.3) is 0 Å². The van der Waals surface area contributed by atoms with Crippen molar-refractivity contribution in [2.75, 3.05) is 11.2 Å². The number of benzene rings is 1. The van der Waals surface area contributed by atoms with Crippen LogP contribution in [0.15, 0.2) is 28.7 Å². The van der Waals surface area contributed by atoms with Gasteiger partial charge in [0.1, 0.15) is 17.5 Å².